The molecular weight excluding hydrogens is 218 g/mol. The van der Waals surface area contributed by atoms with Gasteiger partial charge in [-0.2, -0.15) is 5.26 Å². The second-order valence-electron chi connectivity index (χ2n) is 4.23. The van der Waals surface area contributed by atoms with Gasteiger partial charge in [-0.15, -0.1) is 0 Å². The maximum Gasteiger partial charge on any atom is 0.305 e. The number of nitrogens with zero attached hydrogens (tertiary/aromatic N) is 2. The fraction of sp³-hybridized carbons (Fsp3) is 0.417. The molecule has 0 saturated heterocycles. The summed E-state index contributed by atoms with van der Waals surface area (Å²) in [5, 5.41) is 20.7. The van der Waals surface area contributed by atoms with Crippen LogP contribution in [0.1, 0.15) is 25.0 Å². The van der Waals surface area contributed by atoms with Crippen LogP contribution in [0.2, 0.25) is 0 Å². The summed E-state index contributed by atoms with van der Waals surface area (Å²) < 4.78 is 0. The number of anilines is 1. The second-order valence-corrected chi connectivity index (χ2v) is 4.23. The van der Waals surface area contributed by atoms with Crippen molar-refractivity contribution in [2.75, 3.05) is 5.32 Å². The third-order valence-corrected chi connectivity index (χ3v) is 2.81. The Hall–Kier alpha value is -2.09. The molecule has 0 amide bonds. The van der Waals surface area contributed by atoms with E-state index in [1.807, 2.05) is 6.07 Å². The number of rotatable bonds is 5. The molecule has 2 rings (SSSR count). The van der Waals surface area contributed by atoms with E-state index >= 15 is 0 Å². The van der Waals surface area contributed by atoms with E-state index in [0.29, 0.717) is 11.6 Å². The molecule has 1 aliphatic rings. The van der Waals surface area contributed by atoms with E-state index in [2.05, 4.69) is 10.3 Å². The summed E-state index contributed by atoms with van der Waals surface area (Å²) >= 11 is 0. The van der Waals surface area contributed by atoms with E-state index in [9.17, 15) is 4.79 Å². The first-order chi connectivity index (χ1) is 8.19. The summed E-state index contributed by atoms with van der Waals surface area (Å²) in [5.41, 5.74) is 1.09. The molecule has 2 N–H and O–H groups in total. The van der Waals surface area contributed by atoms with Crippen molar-refractivity contribution < 1.29 is 9.90 Å². The summed E-state index contributed by atoms with van der Waals surface area (Å²) in [6, 6.07) is 5.29. The highest BCUT2D eigenvalue weighted by atomic mass is 16.4. The average Bonchev–Trinajstić information content (AvgIpc) is 3.12. The van der Waals surface area contributed by atoms with Crippen LogP contribution in [-0.2, 0) is 4.79 Å². The Balaban J connectivity index is 2.06. The predicted octanol–water partition coefficient (Wildman–Crippen LogP) is 1.62. The van der Waals surface area contributed by atoms with Crippen LogP contribution in [0.15, 0.2) is 18.3 Å². The van der Waals surface area contributed by atoms with Crippen molar-refractivity contribution in [3.05, 3.63) is 24.0 Å². The van der Waals surface area contributed by atoms with Gasteiger partial charge < -0.3 is 10.4 Å². The van der Waals surface area contributed by atoms with E-state index in [1.165, 1.54) is 0 Å². The molecule has 1 saturated carbocycles. The molecule has 17 heavy (non-hydrogen) atoms. The largest absolute Gasteiger partial charge is 0.481 e. The van der Waals surface area contributed by atoms with Crippen LogP contribution >= 0.6 is 0 Å². The van der Waals surface area contributed by atoms with Crippen molar-refractivity contribution in [3.63, 3.8) is 0 Å². The van der Waals surface area contributed by atoms with Crippen molar-refractivity contribution in [2.24, 2.45) is 5.92 Å². The lowest BCUT2D eigenvalue weighted by atomic mass is 10.1. The van der Waals surface area contributed by atoms with Gasteiger partial charge >= 0.3 is 5.97 Å². The molecule has 1 fully saturated rings. The zero-order valence-electron chi connectivity index (χ0n) is 9.26. The van der Waals surface area contributed by atoms with Crippen molar-refractivity contribution in [1.82, 2.24) is 4.98 Å². The molecule has 0 aromatic carbocycles. The third kappa shape index (κ3) is 3.18. The molecule has 1 heterocycles. The fourth-order valence-electron chi connectivity index (χ4n) is 1.82. The third-order valence-electron chi connectivity index (χ3n) is 2.81. The van der Waals surface area contributed by atoms with E-state index in [1.54, 1.807) is 18.3 Å². The first kappa shape index (κ1) is 11.4. The van der Waals surface area contributed by atoms with Crippen LogP contribution in [-0.4, -0.2) is 22.1 Å². The lowest BCUT2D eigenvalue weighted by Crippen LogP contribution is -2.25. The molecule has 0 bridgehead atoms. The minimum Gasteiger partial charge on any atom is -0.481 e. The first-order valence-corrected chi connectivity index (χ1v) is 5.53. The highest BCUT2D eigenvalue weighted by Gasteiger charge is 2.32. The molecule has 0 radical (unpaired) electrons. The molecule has 1 aromatic rings. The van der Waals surface area contributed by atoms with Crippen LogP contribution in [0, 0.1) is 17.2 Å². The number of pyridine rings is 1. The molecule has 1 aliphatic carbocycles. The highest BCUT2D eigenvalue weighted by Crippen LogP contribution is 2.35. The number of nitrogens with one attached hydrogen (secondary N) is 1. The number of nitriles is 1. The van der Waals surface area contributed by atoms with Gasteiger partial charge in [0.25, 0.3) is 0 Å². The van der Waals surface area contributed by atoms with Gasteiger partial charge in [-0.25, -0.2) is 4.98 Å². The van der Waals surface area contributed by atoms with Crippen molar-refractivity contribution >= 4 is 11.7 Å². The van der Waals surface area contributed by atoms with E-state index < -0.39 is 5.97 Å². The second kappa shape index (κ2) is 4.83. The number of aliphatic carboxylic acids is 1. The lowest BCUT2D eigenvalue weighted by Gasteiger charge is -2.17. The van der Waals surface area contributed by atoms with Crippen LogP contribution in [0.25, 0.3) is 0 Å². The lowest BCUT2D eigenvalue weighted by molar-refractivity contribution is -0.137. The highest BCUT2D eigenvalue weighted by molar-refractivity contribution is 5.68. The van der Waals surface area contributed by atoms with Gasteiger partial charge in [0.1, 0.15) is 11.8 Å². The van der Waals surface area contributed by atoms with E-state index in [-0.39, 0.29) is 12.5 Å². The van der Waals surface area contributed by atoms with Gasteiger partial charge in [0.05, 0.1) is 6.42 Å². The quantitative estimate of drug-likeness (QED) is 0.804. The van der Waals surface area contributed by atoms with Gasteiger partial charge in [-0.05, 0) is 30.9 Å². The Morgan fingerprint density at radius 3 is 3.06 bits per heavy atom. The zero-order chi connectivity index (χ0) is 12.3. The van der Waals surface area contributed by atoms with Gasteiger partial charge in [0, 0.05) is 17.9 Å². The maximum absolute atomic E-state index is 10.8. The van der Waals surface area contributed by atoms with Crippen LogP contribution < -0.4 is 5.32 Å². The Kier molecular flexibility index (Phi) is 3.24. The van der Waals surface area contributed by atoms with E-state index in [0.717, 1.165) is 18.5 Å². The maximum atomic E-state index is 10.8. The Bertz CT molecular complexity index is 463. The molecule has 1 atom stereocenters. The Labute approximate surface area is 99.1 Å². The molecule has 0 aliphatic heterocycles. The van der Waals surface area contributed by atoms with E-state index in [4.69, 9.17) is 10.4 Å². The number of aromatic nitrogens is 1. The summed E-state index contributed by atoms with van der Waals surface area (Å²) in [7, 11) is 0. The van der Waals surface area contributed by atoms with Gasteiger partial charge in [0.15, 0.2) is 0 Å². The smallest absolute Gasteiger partial charge is 0.305 e. The topological polar surface area (TPSA) is 86.0 Å². The molecule has 0 spiro atoms. The first-order valence-electron chi connectivity index (χ1n) is 5.53. The number of hydrogen-bond acceptors (Lipinski definition) is 4. The van der Waals surface area contributed by atoms with Crippen molar-refractivity contribution in [3.8, 4) is 6.07 Å². The summed E-state index contributed by atoms with van der Waals surface area (Å²) in [6.45, 7) is 0. The number of carboxylic acid groups (broad SMARTS) is 1. The molecule has 1 aromatic heterocycles. The number of carboxylic acids is 1. The average molecular weight is 231 g/mol. The minimum absolute atomic E-state index is 0.0542. The number of hydrogen-bond donors (Lipinski definition) is 2. The van der Waals surface area contributed by atoms with Gasteiger partial charge in [-0.1, -0.05) is 0 Å². The molecular formula is C12H13N3O2. The van der Waals surface area contributed by atoms with Crippen molar-refractivity contribution in [1.29, 1.82) is 5.26 Å². The monoisotopic (exact) mass is 231 g/mol. The minimum atomic E-state index is -0.802. The zero-order valence-corrected chi connectivity index (χ0v) is 9.26. The molecule has 1 unspecified atom stereocenters. The molecule has 88 valence electrons. The normalized spacial score (nSPS) is 15.9. The van der Waals surface area contributed by atoms with Crippen LogP contribution in [0.3, 0.4) is 0 Å². The van der Waals surface area contributed by atoms with Crippen LogP contribution in [0.5, 0.6) is 0 Å². The fourth-order valence-corrected chi connectivity index (χ4v) is 1.82. The SMILES string of the molecule is N#Cc1cc(NC(CC(=O)O)C2CC2)ccn1. The summed E-state index contributed by atoms with van der Waals surface area (Å²) in [6.07, 6.45) is 3.79. The Morgan fingerprint density at radius 1 is 1.71 bits per heavy atom. The number of carbonyl (C=O) groups is 1. The molecule has 5 heteroatoms. The summed E-state index contributed by atoms with van der Waals surface area (Å²) in [4.78, 5) is 14.6. The predicted molar refractivity (Wildman–Crippen MR) is 61.3 cm³/mol. The standard InChI is InChI=1S/C12H13N3O2/c13-7-10-5-9(3-4-14-10)15-11(6-12(16)17)8-1-2-8/h3-5,8,11H,1-2,6H2,(H,14,15)(H,16,17). The van der Waals surface area contributed by atoms with Gasteiger partial charge in [0.2, 0.25) is 0 Å². The summed E-state index contributed by atoms with van der Waals surface area (Å²) in [5.74, 6) is -0.367. The van der Waals surface area contributed by atoms with Crippen LogP contribution in [0.4, 0.5) is 5.69 Å². The van der Waals surface area contributed by atoms with Crippen molar-refractivity contribution in [2.45, 2.75) is 25.3 Å². The van der Waals surface area contributed by atoms with Gasteiger partial charge in [-0.3, -0.25) is 4.79 Å². The Morgan fingerprint density at radius 2 is 2.47 bits per heavy atom. The molecule has 5 nitrogen and oxygen atoms in total.